The molecule has 1 unspecified atom stereocenters. The zero-order chi connectivity index (χ0) is 17.6. The molecule has 1 atom stereocenters. The smallest absolute Gasteiger partial charge is 0.234 e. The lowest BCUT2D eigenvalue weighted by molar-refractivity contribution is -0.123. The average Bonchev–Trinajstić information content (AvgIpc) is 3.17. The number of piperazine rings is 1. The van der Waals surface area contributed by atoms with Gasteiger partial charge in [0.1, 0.15) is 17.6 Å². The predicted octanol–water partition coefficient (Wildman–Crippen LogP) is 1.55. The van der Waals surface area contributed by atoms with Crippen LogP contribution in [-0.2, 0) is 4.79 Å². The predicted molar refractivity (Wildman–Crippen MR) is 92.9 cm³/mol. The Kier molecular flexibility index (Phi) is 5.31. The monoisotopic (exact) mass is 339 g/mol. The summed E-state index contributed by atoms with van der Waals surface area (Å²) in [5, 5.41) is 12.1. The summed E-state index contributed by atoms with van der Waals surface area (Å²) in [5.41, 5.74) is 0.584. The summed E-state index contributed by atoms with van der Waals surface area (Å²) in [6.45, 7) is 5.25. The maximum absolute atomic E-state index is 12.2. The number of pyridine rings is 1. The Balaban J connectivity index is 1.49. The summed E-state index contributed by atoms with van der Waals surface area (Å²) < 4.78 is 5.30. The third-order valence-corrected chi connectivity index (χ3v) is 4.29. The van der Waals surface area contributed by atoms with Gasteiger partial charge in [-0.25, -0.2) is 4.98 Å². The molecule has 0 aromatic carbocycles. The average molecular weight is 339 g/mol. The highest BCUT2D eigenvalue weighted by atomic mass is 16.3. The van der Waals surface area contributed by atoms with E-state index < -0.39 is 0 Å². The standard InChI is InChI=1S/C18H21N5O2/c1-14(16-5-3-11-25-16)21-17(24)13-22-7-9-23(10-8-22)18-15(12-19)4-2-6-20-18/h2-6,11,14H,7-10,13H2,1H3,(H,21,24). The molecule has 0 radical (unpaired) electrons. The molecular weight excluding hydrogens is 318 g/mol. The van der Waals surface area contributed by atoms with E-state index in [0.29, 0.717) is 12.1 Å². The molecular formula is C18H21N5O2. The van der Waals surface area contributed by atoms with E-state index in [-0.39, 0.29) is 11.9 Å². The van der Waals surface area contributed by atoms with Crippen LogP contribution < -0.4 is 10.2 Å². The van der Waals surface area contributed by atoms with E-state index in [1.54, 1.807) is 24.6 Å². The van der Waals surface area contributed by atoms with E-state index >= 15 is 0 Å². The first-order valence-corrected chi connectivity index (χ1v) is 8.32. The van der Waals surface area contributed by atoms with Crippen molar-refractivity contribution in [3.8, 4) is 6.07 Å². The molecule has 0 bridgehead atoms. The molecule has 25 heavy (non-hydrogen) atoms. The summed E-state index contributed by atoms with van der Waals surface area (Å²) in [5.74, 6) is 1.45. The Morgan fingerprint density at radius 3 is 2.84 bits per heavy atom. The molecule has 1 aliphatic rings. The van der Waals surface area contributed by atoms with E-state index in [4.69, 9.17) is 4.42 Å². The molecule has 3 heterocycles. The zero-order valence-corrected chi connectivity index (χ0v) is 14.2. The number of carbonyl (C=O) groups is 1. The second-order valence-corrected chi connectivity index (χ2v) is 6.05. The topological polar surface area (TPSA) is 85.4 Å². The summed E-state index contributed by atoms with van der Waals surface area (Å²) in [6, 6.07) is 9.24. The Hall–Kier alpha value is -2.85. The van der Waals surface area contributed by atoms with Crippen molar-refractivity contribution in [1.29, 1.82) is 5.26 Å². The van der Waals surface area contributed by atoms with Crippen LogP contribution in [0.15, 0.2) is 41.1 Å². The van der Waals surface area contributed by atoms with Crippen molar-refractivity contribution in [2.75, 3.05) is 37.6 Å². The first-order chi connectivity index (χ1) is 12.2. The number of hydrogen-bond donors (Lipinski definition) is 1. The summed E-state index contributed by atoms with van der Waals surface area (Å²) in [7, 11) is 0. The van der Waals surface area contributed by atoms with Crippen LogP contribution in [0.3, 0.4) is 0 Å². The number of nitrogens with one attached hydrogen (secondary N) is 1. The lowest BCUT2D eigenvalue weighted by atomic mass is 10.2. The van der Waals surface area contributed by atoms with Crippen LogP contribution in [0.5, 0.6) is 0 Å². The van der Waals surface area contributed by atoms with E-state index in [9.17, 15) is 10.1 Å². The number of rotatable bonds is 5. The van der Waals surface area contributed by atoms with E-state index in [1.165, 1.54) is 0 Å². The van der Waals surface area contributed by atoms with Crippen LogP contribution in [0.2, 0.25) is 0 Å². The molecule has 0 aliphatic carbocycles. The second-order valence-electron chi connectivity index (χ2n) is 6.05. The molecule has 1 saturated heterocycles. The largest absolute Gasteiger partial charge is 0.467 e. The number of nitriles is 1. The van der Waals surface area contributed by atoms with Crippen molar-refractivity contribution in [2.24, 2.45) is 0 Å². The van der Waals surface area contributed by atoms with Crippen LogP contribution in [0.25, 0.3) is 0 Å². The summed E-state index contributed by atoms with van der Waals surface area (Å²) in [6.07, 6.45) is 3.30. The third kappa shape index (κ3) is 4.17. The van der Waals surface area contributed by atoms with Gasteiger partial charge >= 0.3 is 0 Å². The molecule has 0 saturated carbocycles. The van der Waals surface area contributed by atoms with Crippen molar-refractivity contribution in [3.05, 3.63) is 48.0 Å². The number of aromatic nitrogens is 1. The summed E-state index contributed by atoms with van der Waals surface area (Å²) in [4.78, 5) is 20.7. The molecule has 2 aromatic rings. The van der Waals surface area contributed by atoms with Crippen LogP contribution in [0.1, 0.15) is 24.3 Å². The fraction of sp³-hybridized carbons (Fsp3) is 0.389. The van der Waals surface area contributed by atoms with E-state index in [1.807, 2.05) is 19.1 Å². The Labute approximate surface area is 146 Å². The van der Waals surface area contributed by atoms with Gasteiger partial charge in [0, 0.05) is 32.4 Å². The fourth-order valence-electron chi connectivity index (χ4n) is 2.95. The Morgan fingerprint density at radius 2 is 2.16 bits per heavy atom. The van der Waals surface area contributed by atoms with Gasteiger partial charge in [0.05, 0.1) is 24.4 Å². The van der Waals surface area contributed by atoms with Gasteiger partial charge in [0.15, 0.2) is 0 Å². The number of anilines is 1. The molecule has 130 valence electrons. The fourth-order valence-corrected chi connectivity index (χ4v) is 2.95. The zero-order valence-electron chi connectivity index (χ0n) is 14.2. The highest BCUT2D eigenvalue weighted by Crippen LogP contribution is 2.18. The van der Waals surface area contributed by atoms with E-state index in [2.05, 4.69) is 26.2 Å². The number of nitrogens with zero attached hydrogens (tertiary/aromatic N) is 4. The first kappa shape index (κ1) is 17.0. The van der Waals surface area contributed by atoms with Gasteiger partial charge in [-0.1, -0.05) is 0 Å². The third-order valence-electron chi connectivity index (χ3n) is 4.29. The lowest BCUT2D eigenvalue weighted by Gasteiger charge is -2.35. The molecule has 0 spiro atoms. The molecule has 7 nitrogen and oxygen atoms in total. The van der Waals surface area contributed by atoms with Gasteiger partial charge in [0.25, 0.3) is 0 Å². The maximum Gasteiger partial charge on any atom is 0.234 e. The summed E-state index contributed by atoms with van der Waals surface area (Å²) >= 11 is 0. The van der Waals surface area contributed by atoms with Crippen molar-refractivity contribution in [1.82, 2.24) is 15.2 Å². The molecule has 1 amide bonds. The van der Waals surface area contributed by atoms with Crippen LogP contribution in [0.4, 0.5) is 5.82 Å². The van der Waals surface area contributed by atoms with Crippen molar-refractivity contribution in [2.45, 2.75) is 13.0 Å². The minimum absolute atomic E-state index is 0.0205. The highest BCUT2D eigenvalue weighted by Gasteiger charge is 2.22. The van der Waals surface area contributed by atoms with Crippen molar-refractivity contribution in [3.63, 3.8) is 0 Å². The number of amides is 1. The quantitative estimate of drug-likeness (QED) is 0.889. The van der Waals surface area contributed by atoms with Gasteiger partial charge in [0.2, 0.25) is 5.91 Å². The SMILES string of the molecule is CC(NC(=O)CN1CCN(c2ncccc2C#N)CC1)c1ccco1. The number of carbonyl (C=O) groups excluding carboxylic acids is 1. The van der Waals surface area contributed by atoms with Gasteiger partial charge < -0.3 is 14.6 Å². The van der Waals surface area contributed by atoms with Crippen LogP contribution in [0, 0.1) is 11.3 Å². The first-order valence-electron chi connectivity index (χ1n) is 8.32. The molecule has 1 aliphatic heterocycles. The van der Waals surface area contributed by atoms with Gasteiger partial charge in [-0.05, 0) is 31.2 Å². The highest BCUT2D eigenvalue weighted by molar-refractivity contribution is 5.78. The van der Waals surface area contributed by atoms with Gasteiger partial charge in [-0.2, -0.15) is 5.26 Å². The normalized spacial score (nSPS) is 16.2. The van der Waals surface area contributed by atoms with Gasteiger partial charge in [-0.3, -0.25) is 9.69 Å². The molecule has 1 N–H and O–H groups in total. The Bertz CT molecular complexity index is 745. The van der Waals surface area contributed by atoms with Crippen LogP contribution >= 0.6 is 0 Å². The lowest BCUT2D eigenvalue weighted by Crippen LogP contribution is -2.50. The molecule has 1 fully saturated rings. The molecule has 2 aromatic heterocycles. The molecule has 7 heteroatoms. The Morgan fingerprint density at radius 1 is 1.36 bits per heavy atom. The number of furan rings is 1. The minimum atomic E-state index is -0.143. The number of hydrogen-bond acceptors (Lipinski definition) is 6. The maximum atomic E-state index is 12.2. The van der Waals surface area contributed by atoms with Crippen molar-refractivity contribution < 1.29 is 9.21 Å². The van der Waals surface area contributed by atoms with Crippen LogP contribution in [-0.4, -0.2) is 48.5 Å². The molecule has 3 rings (SSSR count). The van der Waals surface area contributed by atoms with Gasteiger partial charge in [-0.15, -0.1) is 0 Å². The van der Waals surface area contributed by atoms with Crippen molar-refractivity contribution >= 4 is 11.7 Å². The second kappa shape index (κ2) is 7.81. The van der Waals surface area contributed by atoms with E-state index in [0.717, 1.165) is 37.8 Å². The minimum Gasteiger partial charge on any atom is -0.467 e.